The van der Waals surface area contributed by atoms with Gasteiger partial charge in [0.25, 0.3) is 5.56 Å². The second-order valence-corrected chi connectivity index (χ2v) is 4.10. The third-order valence-corrected chi connectivity index (χ3v) is 2.86. The maximum atomic E-state index is 11.9. The standard InChI is InChI=1S/C15H11N3O/c19-15-13(11-6-8-16-9-7-11)10-14(17-18-15)12-4-2-1-3-5-12/h1-10H,(H,18,19). The third kappa shape index (κ3) is 2.28. The highest BCUT2D eigenvalue weighted by Crippen LogP contribution is 2.20. The van der Waals surface area contributed by atoms with Crippen molar-refractivity contribution in [1.29, 1.82) is 0 Å². The van der Waals surface area contributed by atoms with Crippen molar-refractivity contribution in [2.75, 3.05) is 0 Å². The molecule has 92 valence electrons. The van der Waals surface area contributed by atoms with E-state index in [-0.39, 0.29) is 5.56 Å². The van der Waals surface area contributed by atoms with Gasteiger partial charge in [0.1, 0.15) is 0 Å². The van der Waals surface area contributed by atoms with Crippen LogP contribution in [0.1, 0.15) is 0 Å². The summed E-state index contributed by atoms with van der Waals surface area (Å²) < 4.78 is 0. The molecule has 4 heteroatoms. The van der Waals surface area contributed by atoms with Gasteiger partial charge >= 0.3 is 0 Å². The van der Waals surface area contributed by atoms with Crippen LogP contribution < -0.4 is 5.56 Å². The molecule has 2 heterocycles. The number of benzene rings is 1. The van der Waals surface area contributed by atoms with E-state index in [1.165, 1.54) is 0 Å². The Morgan fingerprint density at radius 2 is 1.63 bits per heavy atom. The molecule has 0 saturated carbocycles. The highest BCUT2D eigenvalue weighted by Gasteiger charge is 2.06. The summed E-state index contributed by atoms with van der Waals surface area (Å²) in [5, 5.41) is 6.62. The minimum absolute atomic E-state index is 0.203. The first-order valence-corrected chi connectivity index (χ1v) is 5.90. The number of rotatable bonds is 2. The Balaban J connectivity index is 2.15. The van der Waals surface area contributed by atoms with E-state index in [0.29, 0.717) is 5.56 Å². The monoisotopic (exact) mass is 249 g/mol. The second-order valence-electron chi connectivity index (χ2n) is 4.10. The molecule has 19 heavy (non-hydrogen) atoms. The summed E-state index contributed by atoms with van der Waals surface area (Å²) in [5.41, 5.74) is 2.93. The van der Waals surface area contributed by atoms with Crippen LogP contribution >= 0.6 is 0 Å². The van der Waals surface area contributed by atoms with E-state index >= 15 is 0 Å². The van der Waals surface area contributed by atoms with E-state index in [1.54, 1.807) is 30.6 Å². The lowest BCUT2D eigenvalue weighted by molar-refractivity contribution is 0.998. The Kier molecular flexibility index (Phi) is 2.90. The molecular formula is C15H11N3O. The number of hydrogen-bond donors (Lipinski definition) is 1. The highest BCUT2D eigenvalue weighted by molar-refractivity contribution is 5.68. The summed E-state index contributed by atoms with van der Waals surface area (Å²) in [7, 11) is 0. The molecule has 0 fully saturated rings. The van der Waals surface area contributed by atoms with E-state index in [9.17, 15) is 4.79 Å². The first-order chi connectivity index (χ1) is 9.34. The van der Waals surface area contributed by atoms with Gasteiger partial charge in [-0.05, 0) is 23.8 Å². The highest BCUT2D eigenvalue weighted by atomic mass is 16.1. The van der Waals surface area contributed by atoms with Crippen LogP contribution in [-0.4, -0.2) is 15.2 Å². The van der Waals surface area contributed by atoms with E-state index in [4.69, 9.17) is 0 Å². The number of aromatic nitrogens is 3. The topological polar surface area (TPSA) is 58.6 Å². The lowest BCUT2D eigenvalue weighted by Crippen LogP contribution is -2.11. The van der Waals surface area contributed by atoms with Crippen LogP contribution in [0, 0.1) is 0 Å². The Hall–Kier alpha value is -2.75. The van der Waals surface area contributed by atoms with Gasteiger partial charge in [-0.25, -0.2) is 5.10 Å². The summed E-state index contributed by atoms with van der Waals surface area (Å²) in [6, 6.07) is 15.1. The largest absolute Gasteiger partial charge is 0.272 e. The van der Waals surface area contributed by atoms with Crippen LogP contribution in [0.25, 0.3) is 22.4 Å². The van der Waals surface area contributed by atoms with E-state index < -0.39 is 0 Å². The Morgan fingerprint density at radius 3 is 2.37 bits per heavy atom. The Labute approximate surface area is 109 Å². The molecule has 0 unspecified atom stereocenters. The fourth-order valence-electron chi connectivity index (χ4n) is 1.91. The van der Waals surface area contributed by atoms with Gasteiger partial charge in [0, 0.05) is 18.0 Å². The van der Waals surface area contributed by atoms with Gasteiger partial charge in [0.2, 0.25) is 0 Å². The SMILES string of the molecule is O=c1[nH]nc(-c2ccccc2)cc1-c1ccncc1. The van der Waals surface area contributed by atoms with Crippen molar-refractivity contribution < 1.29 is 0 Å². The van der Waals surface area contributed by atoms with Crippen LogP contribution in [0.15, 0.2) is 65.7 Å². The van der Waals surface area contributed by atoms with Gasteiger partial charge in [-0.15, -0.1) is 0 Å². The normalized spacial score (nSPS) is 10.3. The second kappa shape index (κ2) is 4.86. The van der Waals surface area contributed by atoms with E-state index in [1.807, 2.05) is 30.3 Å². The molecule has 0 amide bonds. The fourth-order valence-corrected chi connectivity index (χ4v) is 1.91. The van der Waals surface area contributed by atoms with Crippen molar-refractivity contribution in [3.8, 4) is 22.4 Å². The van der Waals surface area contributed by atoms with Crippen molar-refractivity contribution in [3.05, 3.63) is 71.3 Å². The molecule has 4 nitrogen and oxygen atoms in total. The molecule has 0 aliphatic carbocycles. The zero-order valence-corrected chi connectivity index (χ0v) is 10.1. The zero-order chi connectivity index (χ0) is 13.1. The van der Waals surface area contributed by atoms with E-state index in [2.05, 4.69) is 15.2 Å². The predicted octanol–water partition coefficient (Wildman–Crippen LogP) is 2.50. The summed E-state index contributed by atoms with van der Waals surface area (Å²) >= 11 is 0. The van der Waals surface area contributed by atoms with Gasteiger partial charge < -0.3 is 0 Å². The average molecular weight is 249 g/mol. The quantitative estimate of drug-likeness (QED) is 0.759. The predicted molar refractivity (Wildman–Crippen MR) is 73.5 cm³/mol. The lowest BCUT2D eigenvalue weighted by atomic mass is 10.1. The van der Waals surface area contributed by atoms with Crippen LogP contribution in [0.5, 0.6) is 0 Å². The van der Waals surface area contributed by atoms with Crippen molar-refractivity contribution in [1.82, 2.24) is 15.2 Å². The summed E-state index contributed by atoms with van der Waals surface area (Å²) in [5.74, 6) is 0. The van der Waals surface area contributed by atoms with Crippen molar-refractivity contribution >= 4 is 0 Å². The van der Waals surface area contributed by atoms with Gasteiger partial charge in [-0.2, -0.15) is 5.10 Å². The van der Waals surface area contributed by atoms with Crippen molar-refractivity contribution in [2.24, 2.45) is 0 Å². The number of hydrogen-bond acceptors (Lipinski definition) is 3. The number of pyridine rings is 1. The molecule has 0 atom stereocenters. The number of nitrogens with zero attached hydrogens (tertiary/aromatic N) is 2. The van der Waals surface area contributed by atoms with Crippen LogP contribution in [-0.2, 0) is 0 Å². The van der Waals surface area contributed by atoms with Crippen LogP contribution in [0.3, 0.4) is 0 Å². The minimum Gasteiger partial charge on any atom is -0.267 e. The smallest absolute Gasteiger partial charge is 0.267 e. The number of aromatic amines is 1. The molecule has 3 rings (SSSR count). The Bertz CT molecular complexity index is 736. The number of nitrogens with one attached hydrogen (secondary N) is 1. The number of H-pyrrole nitrogens is 1. The lowest BCUT2D eigenvalue weighted by Gasteiger charge is -2.03. The molecule has 1 N–H and O–H groups in total. The van der Waals surface area contributed by atoms with E-state index in [0.717, 1.165) is 16.8 Å². The molecular weight excluding hydrogens is 238 g/mol. The molecule has 0 bridgehead atoms. The summed E-state index contributed by atoms with van der Waals surface area (Å²) in [4.78, 5) is 15.8. The first kappa shape index (κ1) is 11.3. The first-order valence-electron chi connectivity index (χ1n) is 5.90. The van der Waals surface area contributed by atoms with Crippen LogP contribution in [0.4, 0.5) is 0 Å². The molecule has 2 aromatic heterocycles. The summed E-state index contributed by atoms with van der Waals surface area (Å²) in [6.07, 6.45) is 3.33. The van der Waals surface area contributed by atoms with Crippen molar-refractivity contribution in [2.45, 2.75) is 0 Å². The maximum Gasteiger partial charge on any atom is 0.272 e. The van der Waals surface area contributed by atoms with Gasteiger partial charge in [0.15, 0.2) is 0 Å². The van der Waals surface area contributed by atoms with Crippen molar-refractivity contribution in [3.63, 3.8) is 0 Å². The Morgan fingerprint density at radius 1 is 0.895 bits per heavy atom. The zero-order valence-electron chi connectivity index (χ0n) is 10.1. The molecule has 0 aliphatic heterocycles. The van der Waals surface area contributed by atoms with Gasteiger partial charge in [-0.1, -0.05) is 30.3 Å². The molecule has 0 spiro atoms. The molecule has 3 aromatic rings. The van der Waals surface area contributed by atoms with Gasteiger partial charge in [0.05, 0.1) is 11.3 Å². The minimum atomic E-state index is -0.203. The molecule has 0 saturated heterocycles. The molecule has 0 radical (unpaired) electrons. The average Bonchev–Trinajstić information content (AvgIpc) is 2.49. The molecule has 1 aromatic carbocycles. The molecule has 0 aliphatic rings. The maximum absolute atomic E-state index is 11.9. The fraction of sp³-hybridized carbons (Fsp3) is 0. The van der Waals surface area contributed by atoms with Crippen LogP contribution in [0.2, 0.25) is 0 Å². The van der Waals surface area contributed by atoms with Gasteiger partial charge in [-0.3, -0.25) is 9.78 Å². The summed E-state index contributed by atoms with van der Waals surface area (Å²) in [6.45, 7) is 0. The third-order valence-electron chi connectivity index (χ3n) is 2.86.